The summed E-state index contributed by atoms with van der Waals surface area (Å²) in [6, 6.07) is 12.3. The van der Waals surface area contributed by atoms with Crippen molar-refractivity contribution < 1.29 is 17.6 Å². The van der Waals surface area contributed by atoms with E-state index in [2.05, 4.69) is 10.3 Å². The van der Waals surface area contributed by atoms with Gasteiger partial charge in [-0.3, -0.25) is 9.78 Å². The van der Waals surface area contributed by atoms with E-state index < -0.39 is 15.8 Å². The Morgan fingerprint density at radius 3 is 2.50 bits per heavy atom. The molecule has 0 spiro atoms. The molecule has 30 heavy (non-hydrogen) atoms. The fraction of sp³-hybridized carbons (Fsp3) is 0.273. The molecule has 1 amide bonds. The molecular weight excluding hydrogens is 405 g/mol. The fourth-order valence-electron chi connectivity index (χ4n) is 3.65. The van der Waals surface area contributed by atoms with Crippen molar-refractivity contribution >= 4 is 26.8 Å². The third-order valence-electron chi connectivity index (χ3n) is 5.22. The van der Waals surface area contributed by atoms with Gasteiger partial charge in [-0.25, -0.2) is 12.8 Å². The van der Waals surface area contributed by atoms with Crippen molar-refractivity contribution in [2.75, 3.05) is 13.1 Å². The summed E-state index contributed by atoms with van der Waals surface area (Å²) in [4.78, 5) is 17.3. The van der Waals surface area contributed by atoms with E-state index in [-0.39, 0.29) is 17.3 Å². The average Bonchev–Trinajstić information content (AvgIpc) is 3.28. The first-order chi connectivity index (χ1) is 14.3. The van der Waals surface area contributed by atoms with E-state index in [1.807, 2.05) is 0 Å². The standard InChI is InChI=1S/C22H22FN3O3S/c1-15-12-20(19-13-17(23)6-9-21(19)25-15)22(27)24-14-16-4-7-18(8-5-16)30(28,29)26-10-2-3-11-26/h4-9,12-13H,2-3,10-11,14H2,1H3,(H,24,27). The smallest absolute Gasteiger partial charge is 0.252 e. The molecule has 0 aliphatic carbocycles. The number of benzene rings is 2. The van der Waals surface area contributed by atoms with Crippen molar-refractivity contribution in [3.63, 3.8) is 0 Å². The van der Waals surface area contributed by atoms with Gasteiger partial charge in [0.2, 0.25) is 10.0 Å². The Kier molecular flexibility index (Phi) is 5.53. The molecule has 0 atom stereocenters. The predicted molar refractivity (Wildman–Crippen MR) is 112 cm³/mol. The lowest BCUT2D eigenvalue weighted by Crippen LogP contribution is -2.28. The highest BCUT2D eigenvalue weighted by Gasteiger charge is 2.26. The quantitative estimate of drug-likeness (QED) is 0.677. The van der Waals surface area contributed by atoms with Gasteiger partial charge in [0, 0.05) is 30.7 Å². The summed E-state index contributed by atoms with van der Waals surface area (Å²) in [5, 5.41) is 3.27. The van der Waals surface area contributed by atoms with Crippen LogP contribution in [0.25, 0.3) is 10.9 Å². The number of carbonyl (C=O) groups is 1. The van der Waals surface area contributed by atoms with E-state index in [1.165, 1.54) is 16.4 Å². The molecule has 1 N–H and O–H groups in total. The molecule has 0 unspecified atom stereocenters. The molecule has 1 aliphatic rings. The summed E-state index contributed by atoms with van der Waals surface area (Å²) in [5.74, 6) is -0.776. The molecule has 4 rings (SSSR count). The minimum Gasteiger partial charge on any atom is -0.348 e. The van der Waals surface area contributed by atoms with E-state index in [4.69, 9.17) is 0 Å². The van der Waals surface area contributed by atoms with E-state index in [0.29, 0.717) is 35.2 Å². The Bertz CT molecular complexity index is 1200. The van der Waals surface area contributed by atoms with E-state index in [9.17, 15) is 17.6 Å². The van der Waals surface area contributed by atoms with Gasteiger partial charge in [0.1, 0.15) is 5.82 Å². The minimum absolute atomic E-state index is 0.223. The second-order valence-corrected chi connectivity index (χ2v) is 9.35. The first-order valence-electron chi connectivity index (χ1n) is 9.79. The van der Waals surface area contributed by atoms with Crippen LogP contribution >= 0.6 is 0 Å². The molecule has 0 radical (unpaired) electrons. The maximum atomic E-state index is 13.7. The highest BCUT2D eigenvalue weighted by atomic mass is 32.2. The number of carbonyl (C=O) groups excluding carboxylic acids is 1. The lowest BCUT2D eigenvalue weighted by molar-refractivity contribution is 0.0952. The van der Waals surface area contributed by atoms with Crippen molar-refractivity contribution in [2.45, 2.75) is 31.2 Å². The van der Waals surface area contributed by atoms with Crippen molar-refractivity contribution in [1.82, 2.24) is 14.6 Å². The molecule has 6 nitrogen and oxygen atoms in total. The van der Waals surface area contributed by atoms with Crippen LogP contribution in [0, 0.1) is 12.7 Å². The highest BCUT2D eigenvalue weighted by Crippen LogP contribution is 2.22. The van der Waals surface area contributed by atoms with Crippen LogP contribution in [0.3, 0.4) is 0 Å². The average molecular weight is 428 g/mol. The Morgan fingerprint density at radius 2 is 1.80 bits per heavy atom. The summed E-state index contributed by atoms with van der Waals surface area (Å²) in [6.07, 6.45) is 1.77. The Balaban J connectivity index is 1.49. The molecule has 2 heterocycles. The van der Waals surface area contributed by atoms with E-state index in [0.717, 1.165) is 18.4 Å². The van der Waals surface area contributed by atoms with Crippen LogP contribution < -0.4 is 5.32 Å². The number of aryl methyl sites for hydroxylation is 1. The van der Waals surface area contributed by atoms with Crippen molar-refractivity contribution in [1.29, 1.82) is 0 Å². The Labute approximate surface area is 174 Å². The molecule has 156 valence electrons. The van der Waals surface area contributed by atoms with Crippen LogP contribution in [-0.4, -0.2) is 36.7 Å². The second kappa shape index (κ2) is 8.12. The van der Waals surface area contributed by atoms with Gasteiger partial charge in [0.15, 0.2) is 0 Å². The lowest BCUT2D eigenvalue weighted by Gasteiger charge is -2.15. The molecule has 8 heteroatoms. The Hall–Kier alpha value is -2.84. The maximum absolute atomic E-state index is 13.7. The predicted octanol–water partition coefficient (Wildman–Crippen LogP) is 3.40. The molecular formula is C22H22FN3O3S. The summed E-state index contributed by atoms with van der Waals surface area (Å²) in [7, 11) is -3.46. The molecule has 1 saturated heterocycles. The zero-order valence-electron chi connectivity index (χ0n) is 16.6. The number of pyridine rings is 1. The van der Waals surface area contributed by atoms with Crippen LogP contribution in [0.1, 0.15) is 34.5 Å². The van der Waals surface area contributed by atoms with Crippen LogP contribution in [0.5, 0.6) is 0 Å². The number of halogens is 1. The topological polar surface area (TPSA) is 79.4 Å². The number of nitrogens with zero attached hydrogens (tertiary/aromatic N) is 2. The Morgan fingerprint density at radius 1 is 1.10 bits per heavy atom. The van der Waals surface area contributed by atoms with Crippen LogP contribution in [-0.2, 0) is 16.6 Å². The molecule has 1 aliphatic heterocycles. The fourth-order valence-corrected chi connectivity index (χ4v) is 5.17. The number of hydrogen-bond acceptors (Lipinski definition) is 4. The number of hydrogen-bond donors (Lipinski definition) is 1. The third kappa shape index (κ3) is 4.06. The number of nitrogens with one attached hydrogen (secondary N) is 1. The minimum atomic E-state index is -3.46. The van der Waals surface area contributed by atoms with Crippen LogP contribution in [0.2, 0.25) is 0 Å². The van der Waals surface area contributed by atoms with Crippen molar-refractivity contribution in [3.8, 4) is 0 Å². The zero-order chi connectivity index (χ0) is 21.3. The molecule has 1 aromatic heterocycles. The van der Waals surface area contributed by atoms with Gasteiger partial charge in [-0.2, -0.15) is 4.31 Å². The van der Waals surface area contributed by atoms with Crippen LogP contribution in [0.4, 0.5) is 4.39 Å². The van der Waals surface area contributed by atoms with Crippen molar-refractivity contribution in [3.05, 3.63) is 71.2 Å². The third-order valence-corrected chi connectivity index (χ3v) is 7.14. The van der Waals surface area contributed by atoms with Gasteiger partial charge >= 0.3 is 0 Å². The number of rotatable bonds is 5. The van der Waals surface area contributed by atoms with Gasteiger partial charge in [0.25, 0.3) is 5.91 Å². The molecule has 2 aromatic carbocycles. The number of fused-ring (bicyclic) bond motifs is 1. The molecule has 3 aromatic rings. The van der Waals surface area contributed by atoms with Gasteiger partial charge in [-0.05, 0) is 61.7 Å². The summed E-state index contributed by atoms with van der Waals surface area (Å²) in [6.45, 7) is 3.11. The molecule has 1 fully saturated rings. The zero-order valence-corrected chi connectivity index (χ0v) is 17.4. The maximum Gasteiger partial charge on any atom is 0.252 e. The largest absolute Gasteiger partial charge is 0.348 e. The van der Waals surface area contributed by atoms with E-state index in [1.54, 1.807) is 43.3 Å². The van der Waals surface area contributed by atoms with Gasteiger partial charge < -0.3 is 5.32 Å². The number of sulfonamides is 1. The first kappa shape index (κ1) is 20.4. The summed E-state index contributed by atoms with van der Waals surface area (Å²) >= 11 is 0. The number of aromatic nitrogens is 1. The highest BCUT2D eigenvalue weighted by molar-refractivity contribution is 7.89. The molecule has 0 saturated carbocycles. The summed E-state index contributed by atoms with van der Waals surface area (Å²) < 4.78 is 40.4. The van der Waals surface area contributed by atoms with Crippen molar-refractivity contribution in [2.24, 2.45) is 0 Å². The SMILES string of the molecule is Cc1cc(C(=O)NCc2ccc(S(=O)(=O)N3CCCC3)cc2)c2cc(F)ccc2n1. The van der Waals surface area contributed by atoms with Gasteiger partial charge in [0.05, 0.1) is 16.0 Å². The van der Waals surface area contributed by atoms with Crippen LogP contribution in [0.15, 0.2) is 53.4 Å². The normalized spacial score (nSPS) is 14.9. The summed E-state index contributed by atoms with van der Waals surface area (Å²) in [5.41, 5.74) is 2.34. The molecule has 0 bridgehead atoms. The van der Waals surface area contributed by atoms with Gasteiger partial charge in [-0.1, -0.05) is 12.1 Å². The second-order valence-electron chi connectivity index (χ2n) is 7.41. The van der Waals surface area contributed by atoms with E-state index >= 15 is 0 Å². The number of amides is 1. The first-order valence-corrected chi connectivity index (χ1v) is 11.2. The lowest BCUT2D eigenvalue weighted by atomic mass is 10.1. The monoisotopic (exact) mass is 427 g/mol. The van der Waals surface area contributed by atoms with Gasteiger partial charge in [-0.15, -0.1) is 0 Å².